The summed E-state index contributed by atoms with van der Waals surface area (Å²) in [4.78, 5) is 14.8. The van der Waals surface area contributed by atoms with Gasteiger partial charge in [0.25, 0.3) is 0 Å². The van der Waals surface area contributed by atoms with E-state index in [0.29, 0.717) is 5.92 Å². The van der Waals surface area contributed by atoms with Gasteiger partial charge in [0, 0.05) is 30.3 Å². The Balaban J connectivity index is 1.55. The molecule has 1 saturated heterocycles. The van der Waals surface area contributed by atoms with Gasteiger partial charge >= 0.3 is 0 Å². The molecule has 0 bridgehead atoms. The second-order valence-corrected chi connectivity index (χ2v) is 7.66. The van der Waals surface area contributed by atoms with Gasteiger partial charge in [-0.05, 0) is 44.6 Å². The van der Waals surface area contributed by atoms with Crippen molar-refractivity contribution in [2.45, 2.75) is 50.5 Å². The maximum Gasteiger partial charge on any atom is 0.242 e. The number of piperidine rings is 1. The van der Waals surface area contributed by atoms with Crippen LogP contribution in [0.25, 0.3) is 11.1 Å². The van der Waals surface area contributed by atoms with Crippen LogP contribution in [-0.2, 0) is 4.79 Å². The summed E-state index contributed by atoms with van der Waals surface area (Å²) in [5.41, 5.74) is 10.4. The van der Waals surface area contributed by atoms with E-state index in [0.717, 1.165) is 56.5 Å². The van der Waals surface area contributed by atoms with Crippen LogP contribution in [0.1, 0.15) is 49.3 Å². The third-order valence-electron chi connectivity index (χ3n) is 5.82. The van der Waals surface area contributed by atoms with Crippen molar-refractivity contribution in [1.29, 1.82) is 0 Å². The number of likely N-dealkylation sites (tertiary alicyclic amines) is 1. The topological polar surface area (TPSA) is 75.0 Å². The van der Waals surface area contributed by atoms with Gasteiger partial charge in [0.15, 0.2) is 0 Å². The molecule has 1 amide bonds. The normalized spacial score (nSPS) is 22.5. The van der Waals surface area contributed by atoms with Crippen LogP contribution in [0.2, 0.25) is 0 Å². The van der Waals surface area contributed by atoms with Crippen LogP contribution in [0.15, 0.2) is 30.5 Å². The van der Waals surface area contributed by atoms with E-state index in [-0.39, 0.29) is 5.91 Å². The number of aromatic nitrogens is 2. The number of H-pyrrole nitrogens is 1. The number of hydrogen-bond donors (Lipinski definition) is 2. The van der Waals surface area contributed by atoms with Crippen molar-refractivity contribution >= 4 is 5.91 Å². The fraction of sp³-hybridized carbons (Fsp3) is 0.500. The van der Waals surface area contributed by atoms with E-state index in [9.17, 15) is 4.79 Å². The molecule has 2 aliphatic rings. The number of hydrogen-bond acceptors (Lipinski definition) is 3. The molecule has 2 heterocycles. The Hall–Kier alpha value is -2.14. The number of aromatic amines is 1. The molecule has 2 fully saturated rings. The Morgan fingerprint density at radius 2 is 2.04 bits per heavy atom. The first-order valence-corrected chi connectivity index (χ1v) is 9.25. The minimum atomic E-state index is -0.602. The highest BCUT2D eigenvalue weighted by molar-refractivity contribution is 5.87. The summed E-state index contributed by atoms with van der Waals surface area (Å²) in [6.07, 6.45) is 6.70. The van der Waals surface area contributed by atoms with Gasteiger partial charge in [-0.15, -0.1) is 0 Å². The third-order valence-corrected chi connectivity index (χ3v) is 5.82. The molecule has 1 aliphatic carbocycles. The molecule has 0 radical (unpaired) electrons. The summed E-state index contributed by atoms with van der Waals surface area (Å²) in [7, 11) is 0. The predicted octanol–water partition coefficient (Wildman–Crippen LogP) is 2.97. The molecule has 132 valence electrons. The standard InChI is InChI=1S/C20H26N4O/c1-14-5-7-15(8-6-14)17-12-22-23-18(17)16-4-2-11-24(13-16)19(25)20(21)9-3-10-20/h5-8,12,16H,2-4,9-11,13,21H2,1H3,(H,22,23). The largest absolute Gasteiger partial charge is 0.340 e. The van der Waals surface area contributed by atoms with Gasteiger partial charge in [-0.25, -0.2) is 0 Å². The summed E-state index contributed by atoms with van der Waals surface area (Å²) in [5, 5.41) is 7.48. The predicted molar refractivity (Wildman–Crippen MR) is 98.1 cm³/mol. The van der Waals surface area contributed by atoms with Crippen molar-refractivity contribution in [3.05, 3.63) is 41.7 Å². The third kappa shape index (κ3) is 2.97. The summed E-state index contributed by atoms with van der Waals surface area (Å²) in [6.45, 7) is 3.65. The fourth-order valence-electron chi connectivity index (χ4n) is 4.05. The molecule has 5 nitrogen and oxygen atoms in total. The number of amides is 1. The van der Waals surface area contributed by atoms with Crippen LogP contribution in [0, 0.1) is 6.92 Å². The Morgan fingerprint density at radius 3 is 2.72 bits per heavy atom. The molecule has 1 atom stereocenters. The summed E-state index contributed by atoms with van der Waals surface area (Å²) >= 11 is 0. The van der Waals surface area contributed by atoms with E-state index in [1.165, 1.54) is 11.1 Å². The van der Waals surface area contributed by atoms with Crippen molar-refractivity contribution in [3.8, 4) is 11.1 Å². The number of benzene rings is 1. The lowest BCUT2D eigenvalue weighted by Crippen LogP contribution is -2.60. The molecule has 1 aromatic carbocycles. The van der Waals surface area contributed by atoms with E-state index in [2.05, 4.69) is 41.4 Å². The molecular formula is C20H26N4O. The maximum absolute atomic E-state index is 12.8. The molecule has 4 rings (SSSR count). The van der Waals surface area contributed by atoms with E-state index in [1.807, 2.05) is 11.1 Å². The van der Waals surface area contributed by atoms with Crippen LogP contribution in [0.5, 0.6) is 0 Å². The first-order valence-electron chi connectivity index (χ1n) is 9.25. The SMILES string of the molecule is Cc1ccc(-c2cn[nH]c2C2CCCN(C(=O)C3(N)CCC3)C2)cc1. The number of carbonyl (C=O) groups excluding carboxylic acids is 1. The number of carbonyl (C=O) groups is 1. The summed E-state index contributed by atoms with van der Waals surface area (Å²) in [6, 6.07) is 8.52. The van der Waals surface area contributed by atoms with E-state index in [4.69, 9.17) is 5.73 Å². The fourth-order valence-corrected chi connectivity index (χ4v) is 4.05. The zero-order valence-electron chi connectivity index (χ0n) is 14.8. The van der Waals surface area contributed by atoms with Gasteiger partial charge in [-0.1, -0.05) is 29.8 Å². The lowest BCUT2D eigenvalue weighted by molar-refractivity contribution is -0.141. The molecule has 1 aromatic heterocycles. The van der Waals surface area contributed by atoms with Crippen molar-refractivity contribution in [2.24, 2.45) is 5.73 Å². The number of nitrogens with one attached hydrogen (secondary N) is 1. The zero-order chi connectivity index (χ0) is 17.4. The molecule has 1 aliphatic heterocycles. The monoisotopic (exact) mass is 338 g/mol. The van der Waals surface area contributed by atoms with Gasteiger partial charge < -0.3 is 10.6 Å². The Kier molecular flexibility index (Phi) is 4.12. The molecule has 2 aromatic rings. The zero-order valence-corrected chi connectivity index (χ0v) is 14.8. The Bertz CT molecular complexity index is 760. The van der Waals surface area contributed by atoms with Crippen LogP contribution in [0.3, 0.4) is 0 Å². The maximum atomic E-state index is 12.8. The first-order chi connectivity index (χ1) is 12.1. The first kappa shape index (κ1) is 16.3. The van der Waals surface area contributed by atoms with E-state index < -0.39 is 5.54 Å². The molecule has 1 saturated carbocycles. The molecule has 0 spiro atoms. The minimum Gasteiger partial charge on any atom is -0.340 e. The molecule has 3 N–H and O–H groups in total. The van der Waals surface area contributed by atoms with Crippen LogP contribution in [-0.4, -0.2) is 39.6 Å². The van der Waals surface area contributed by atoms with Crippen LogP contribution in [0.4, 0.5) is 0 Å². The number of rotatable bonds is 3. The van der Waals surface area contributed by atoms with Gasteiger partial charge in [0.05, 0.1) is 11.7 Å². The average molecular weight is 338 g/mol. The Morgan fingerprint density at radius 1 is 1.28 bits per heavy atom. The van der Waals surface area contributed by atoms with Crippen molar-refractivity contribution in [1.82, 2.24) is 15.1 Å². The van der Waals surface area contributed by atoms with Crippen LogP contribution < -0.4 is 5.73 Å². The van der Waals surface area contributed by atoms with Gasteiger partial charge in [0.1, 0.15) is 0 Å². The molecular weight excluding hydrogens is 312 g/mol. The number of nitrogens with zero attached hydrogens (tertiary/aromatic N) is 2. The highest BCUT2D eigenvalue weighted by atomic mass is 16.2. The van der Waals surface area contributed by atoms with Crippen LogP contribution >= 0.6 is 0 Å². The highest BCUT2D eigenvalue weighted by Gasteiger charge is 2.43. The summed E-state index contributed by atoms with van der Waals surface area (Å²) < 4.78 is 0. The average Bonchev–Trinajstić information content (AvgIpc) is 3.09. The van der Waals surface area contributed by atoms with Crippen molar-refractivity contribution in [3.63, 3.8) is 0 Å². The number of nitrogens with two attached hydrogens (primary N) is 1. The summed E-state index contributed by atoms with van der Waals surface area (Å²) in [5.74, 6) is 0.431. The Labute approximate surface area is 148 Å². The van der Waals surface area contributed by atoms with E-state index in [1.54, 1.807) is 0 Å². The lowest BCUT2D eigenvalue weighted by atomic mass is 9.76. The van der Waals surface area contributed by atoms with Gasteiger partial charge in [-0.3, -0.25) is 9.89 Å². The lowest BCUT2D eigenvalue weighted by Gasteiger charge is -2.43. The molecule has 5 heteroatoms. The van der Waals surface area contributed by atoms with Gasteiger partial charge in [0.2, 0.25) is 5.91 Å². The smallest absolute Gasteiger partial charge is 0.242 e. The van der Waals surface area contributed by atoms with Gasteiger partial charge in [-0.2, -0.15) is 5.10 Å². The highest BCUT2D eigenvalue weighted by Crippen LogP contribution is 2.36. The molecule has 1 unspecified atom stereocenters. The second-order valence-electron chi connectivity index (χ2n) is 7.66. The molecule has 25 heavy (non-hydrogen) atoms. The van der Waals surface area contributed by atoms with E-state index >= 15 is 0 Å². The van der Waals surface area contributed by atoms with Crippen molar-refractivity contribution < 1.29 is 4.79 Å². The second kappa shape index (κ2) is 6.30. The van der Waals surface area contributed by atoms with Crippen molar-refractivity contribution in [2.75, 3.05) is 13.1 Å². The minimum absolute atomic E-state index is 0.139. The number of aryl methyl sites for hydroxylation is 1. The quantitative estimate of drug-likeness (QED) is 0.903.